The Labute approximate surface area is 108 Å². The van der Waals surface area contributed by atoms with Crippen molar-refractivity contribution in [1.82, 2.24) is 10.1 Å². The number of phenols is 1. The highest BCUT2D eigenvalue weighted by molar-refractivity contribution is 5.68. The van der Waals surface area contributed by atoms with Crippen molar-refractivity contribution >= 4 is 0 Å². The molecule has 0 radical (unpaired) electrons. The number of methoxy groups -OCH3 is 1. The lowest BCUT2D eigenvalue weighted by atomic mass is 10.2. The molecule has 0 atom stereocenters. The van der Waals surface area contributed by atoms with E-state index in [1.54, 1.807) is 24.3 Å². The van der Waals surface area contributed by atoms with Crippen molar-refractivity contribution in [2.75, 3.05) is 7.11 Å². The normalized spacial score (nSPS) is 10.6. The fourth-order valence-corrected chi connectivity index (χ4v) is 1.70. The van der Waals surface area contributed by atoms with Crippen LogP contribution in [0.2, 0.25) is 0 Å². The topological polar surface area (TPSA) is 81.5 Å². The molecule has 0 bridgehead atoms. The van der Waals surface area contributed by atoms with E-state index in [2.05, 4.69) is 10.1 Å². The van der Waals surface area contributed by atoms with Gasteiger partial charge in [-0.2, -0.15) is 4.98 Å². The molecule has 0 saturated heterocycles. The summed E-state index contributed by atoms with van der Waals surface area (Å²) in [5.74, 6) is 0.923. The molecule has 19 heavy (non-hydrogen) atoms. The molecule has 0 aliphatic heterocycles. The number of rotatable bonds is 3. The second-order valence-corrected chi connectivity index (χ2v) is 3.79. The molecule has 0 aliphatic carbocycles. The van der Waals surface area contributed by atoms with Gasteiger partial charge >= 0.3 is 0 Å². The first-order valence-electron chi connectivity index (χ1n) is 5.52. The molecule has 3 aromatic rings. The third-order valence-electron chi connectivity index (χ3n) is 2.65. The zero-order chi connectivity index (χ0) is 13.2. The lowest BCUT2D eigenvalue weighted by molar-refractivity contribution is 0.371. The maximum Gasteiger partial charge on any atom is 0.262 e. The average Bonchev–Trinajstić information content (AvgIpc) is 3.09. The number of para-hydroxylation sites is 1. The van der Waals surface area contributed by atoms with E-state index >= 15 is 0 Å². The zero-order valence-corrected chi connectivity index (χ0v) is 10.0. The van der Waals surface area contributed by atoms with Crippen LogP contribution in [0.1, 0.15) is 0 Å². The summed E-state index contributed by atoms with van der Waals surface area (Å²) < 4.78 is 15.1. The van der Waals surface area contributed by atoms with Gasteiger partial charge in [0.05, 0.1) is 24.5 Å². The predicted octanol–water partition coefficient (Wildman–Crippen LogP) is 2.71. The number of phenolic OH excluding ortho intramolecular Hbond substituents is 1. The molecule has 0 aliphatic rings. The molecule has 1 aromatic carbocycles. The number of aromatic nitrogens is 2. The van der Waals surface area contributed by atoms with Crippen LogP contribution < -0.4 is 4.74 Å². The molecular formula is C13H10N2O4. The molecule has 0 spiro atoms. The van der Waals surface area contributed by atoms with Gasteiger partial charge in [-0.05, 0) is 18.2 Å². The van der Waals surface area contributed by atoms with E-state index in [0.29, 0.717) is 22.7 Å². The van der Waals surface area contributed by atoms with Gasteiger partial charge in [0.25, 0.3) is 5.89 Å². The fourth-order valence-electron chi connectivity index (χ4n) is 1.70. The third kappa shape index (κ3) is 1.93. The van der Waals surface area contributed by atoms with E-state index in [1.807, 2.05) is 0 Å². The molecule has 0 amide bonds. The maximum absolute atomic E-state index is 10.0. The van der Waals surface area contributed by atoms with Gasteiger partial charge in [-0.1, -0.05) is 11.2 Å². The smallest absolute Gasteiger partial charge is 0.262 e. The summed E-state index contributed by atoms with van der Waals surface area (Å²) >= 11 is 0. The number of benzene rings is 1. The second kappa shape index (κ2) is 4.49. The Balaban J connectivity index is 2.04. The Morgan fingerprint density at radius 3 is 2.89 bits per heavy atom. The molecule has 2 aromatic heterocycles. The Bertz CT molecular complexity index is 688. The first kappa shape index (κ1) is 11.3. The number of ether oxygens (including phenoxy) is 1. The van der Waals surface area contributed by atoms with E-state index in [9.17, 15) is 5.11 Å². The van der Waals surface area contributed by atoms with Crippen molar-refractivity contribution in [3.8, 4) is 34.3 Å². The van der Waals surface area contributed by atoms with E-state index in [-0.39, 0.29) is 11.6 Å². The van der Waals surface area contributed by atoms with Crippen molar-refractivity contribution in [3.05, 3.63) is 36.8 Å². The van der Waals surface area contributed by atoms with Crippen LogP contribution in [0.3, 0.4) is 0 Å². The third-order valence-corrected chi connectivity index (χ3v) is 2.65. The highest BCUT2D eigenvalue weighted by Gasteiger charge is 2.16. The number of aromatic hydroxyl groups is 1. The predicted molar refractivity (Wildman–Crippen MR) is 65.7 cm³/mol. The van der Waals surface area contributed by atoms with Crippen molar-refractivity contribution in [2.24, 2.45) is 0 Å². The van der Waals surface area contributed by atoms with Crippen LogP contribution >= 0.6 is 0 Å². The number of hydrogen-bond donors (Lipinski definition) is 1. The summed E-state index contributed by atoms with van der Waals surface area (Å²) in [7, 11) is 1.48. The first-order valence-corrected chi connectivity index (χ1v) is 5.52. The molecule has 0 unspecified atom stereocenters. The largest absolute Gasteiger partial charge is 0.504 e. The van der Waals surface area contributed by atoms with E-state index in [1.165, 1.54) is 19.6 Å². The minimum absolute atomic E-state index is 0.0348. The van der Waals surface area contributed by atoms with Crippen molar-refractivity contribution in [3.63, 3.8) is 0 Å². The van der Waals surface area contributed by atoms with Crippen LogP contribution in [0.5, 0.6) is 11.5 Å². The minimum atomic E-state index is -0.0348. The number of hydrogen-bond acceptors (Lipinski definition) is 6. The number of furan rings is 1. The Hall–Kier alpha value is -2.76. The Morgan fingerprint density at radius 2 is 2.16 bits per heavy atom. The molecule has 2 heterocycles. The van der Waals surface area contributed by atoms with Gasteiger partial charge in [-0.25, -0.2) is 0 Å². The summed E-state index contributed by atoms with van der Waals surface area (Å²) in [5, 5.41) is 13.8. The summed E-state index contributed by atoms with van der Waals surface area (Å²) in [4.78, 5) is 4.21. The van der Waals surface area contributed by atoms with Gasteiger partial charge in [-0.15, -0.1) is 0 Å². The second-order valence-electron chi connectivity index (χ2n) is 3.79. The van der Waals surface area contributed by atoms with Crippen LogP contribution in [0.15, 0.2) is 45.7 Å². The highest BCUT2D eigenvalue weighted by Crippen LogP contribution is 2.36. The van der Waals surface area contributed by atoms with Crippen LogP contribution in [0.25, 0.3) is 22.8 Å². The number of nitrogens with zero attached hydrogens (tertiary/aromatic N) is 2. The SMILES string of the molecule is COc1cccc(-c2nc(-c3ccoc3)no2)c1O. The summed E-state index contributed by atoms with van der Waals surface area (Å²) in [5.41, 5.74) is 1.12. The zero-order valence-electron chi connectivity index (χ0n) is 10.0. The molecule has 6 heteroatoms. The quantitative estimate of drug-likeness (QED) is 0.777. The van der Waals surface area contributed by atoms with Crippen LogP contribution in [-0.4, -0.2) is 22.4 Å². The molecule has 3 rings (SSSR count). The van der Waals surface area contributed by atoms with Gasteiger partial charge in [0, 0.05) is 0 Å². The van der Waals surface area contributed by atoms with Crippen molar-refractivity contribution < 1.29 is 18.8 Å². The first-order chi connectivity index (χ1) is 9.29. The molecule has 1 N–H and O–H groups in total. The Kier molecular flexibility index (Phi) is 2.68. The lowest BCUT2D eigenvalue weighted by Crippen LogP contribution is -1.86. The minimum Gasteiger partial charge on any atom is -0.504 e. The molecule has 0 saturated carbocycles. The summed E-state index contributed by atoms with van der Waals surface area (Å²) in [6.07, 6.45) is 3.04. The van der Waals surface area contributed by atoms with Gasteiger partial charge in [-0.3, -0.25) is 0 Å². The van der Waals surface area contributed by atoms with E-state index in [0.717, 1.165) is 0 Å². The maximum atomic E-state index is 10.0. The van der Waals surface area contributed by atoms with E-state index < -0.39 is 0 Å². The monoisotopic (exact) mass is 258 g/mol. The standard InChI is InChI=1S/C13H10N2O4/c1-17-10-4-2-3-9(11(10)16)13-14-12(15-19-13)8-5-6-18-7-8/h2-7,16H,1H3. The van der Waals surface area contributed by atoms with Gasteiger partial charge < -0.3 is 18.8 Å². The molecule has 0 fully saturated rings. The van der Waals surface area contributed by atoms with Crippen molar-refractivity contribution in [1.29, 1.82) is 0 Å². The molecule has 96 valence electrons. The summed E-state index contributed by atoms with van der Waals surface area (Å²) in [6, 6.07) is 6.77. The van der Waals surface area contributed by atoms with Crippen molar-refractivity contribution in [2.45, 2.75) is 0 Å². The van der Waals surface area contributed by atoms with E-state index in [4.69, 9.17) is 13.7 Å². The average molecular weight is 258 g/mol. The molecular weight excluding hydrogens is 248 g/mol. The lowest BCUT2D eigenvalue weighted by Gasteiger charge is -2.04. The van der Waals surface area contributed by atoms with Gasteiger partial charge in [0.15, 0.2) is 11.5 Å². The van der Waals surface area contributed by atoms with Gasteiger partial charge in [0.1, 0.15) is 6.26 Å². The van der Waals surface area contributed by atoms with Crippen LogP contribution in [0.4, 0.5) is 0 Å². The van der Waals surface area contributed by atoms with Crippen LogP contribution in [0, 0.1) is 0 Å². The van der Waals surface area contributed by atoms with Gasteiger partial charge in [0.2, 0.25) is 5.82 Å². The van der Waals surface area contributed by atoms with Crippen LogP contribution in [-0.2, 0) is 0 Å². The highest BCUT2D eigenvalue weighted by atomic mass is 16.5. The Morgan fingerprint density at radius 1 is 1.26 bits per heavy atom. The summed E-state index contributed by atoms with van der Waals surface area (Å²) in [6.45, 7) is 0. The fraction of sp³-hybridized carbons (Fsp3) is 0.0769. The molecule has 6 nitrogen and oxygen atoms in total.